The van der Waals surface area contributed by atoms with Crippen molar-refractivity contribution in [2.75, 3.05) is 0 Å². The predicted molar refractivity (Wildman–Crippen MR) is 69.0 cm³/mol. The monoisotopic (exact) mass is 256 g/mol. The molecule has 4 nitrogen and oxygen atoms in total. The van der Waals surface area contributed by atoms with E-state index < -0.39 is 5.97 Å². The van der Waals surface area contributed by atoms with E-state index in [1.54, 1.807) is 48.8 Å². The second-order valence-corrected chi connectivity index (χ2v) is 4.22. The van der Waals surface area contributed by atoms with E-state index in [1.807, 2.05) is 11.6 Å². The molecule has 1 heterocycles. The minimum Gasteiger partial charge on any atom is -0.423 e. The average Bonchev–Trinajstić information content (AvgIpc) is 2.40. The molecule has 0 bridgehead atoms. The van der Waals surface area contributed by atoms with Gasteiger partial charge in [0.05, 0.1) is 5.56 Å². The van der Waals surface area contributed by atoms with Gasteiger partial charge in [0.15, 0.2) is 18.2 Å². The van der Waals surface area contributed by atoms with Gasteiger partial charge in [0.2, 0.25) is 0 Å². The minimum absolute atomic E-state index is 0.0200. The second-order valence-electron chi connectivity index (χ2n) is 4.22. The molecule has 2 aromatic rings. The van der Waals surface area contributed by atoms with Crippen LogP contribution in [0.1, 0.15) is 27.6 Å². The van der Waals surface area contributed by atoms with Gasteiger partial charge in [-0.05, 0) is 31.2 Å². The number of ether oxygens (including phenoxy) is 1. The summed E-state index contributed by atoms with van der Waals surface area (Å²) in [7, 11) is 1.87. The number of Topliss-reactive ketones (excluding diaryl/α,β-unsaturated/α-hetero) is 1. The molecule has 0 radical (unpaired) electrons. The van der Waals surface area contributed by atoms with Gasteiger partial charge in [-0.2, -0.15) is 0 Å². The molecular weight excluding hydrogens is 242 g/mol. The molecule has 2 rings (SSSR count). The maximum Gasteiger partial charge on any atom is 0.343 e. The van der Waals surface area contributed by atoms with Crippen molar-refractivity contribution < 1.29 is 18.9 Å². The smallest absolute Gasteiger partial charge is 0.343 e. The van der Waals surface area contributed by atoms with Gasteiger partial charge < -0.3 is 4.74 Å². The fraction of sp³-hybridized carbons (Fsp3) is 0.133. The zero-order valence-electron chi connectivity index (χ0n) is 10.8. The Kier molecular flexibility index (Phi) is 3.71. The summed E-state index contributed by atoms with van der Waals surface area (Å²) in [5, 5.41) is 0. The number of carbonyl (C=O) groups excluding carboxylic acids is 2. The van der Waals surface area contributed by atoms with Crippen LogP contribution in [0, 0.1) is 0 Å². The largest absolute Gasteiger partial charge is 0.423 e. The summed E-state index contributed by atoms with van der Waals surface area (Å²) in [6.07, 6.45) is 3.55. The van der Waals surface area contributed by atoms with Gasteiger partial charge in [0, 0.05) is 17.7 Å². The third-order valence-corrected chi connectivity index (χ3v) is 2.69. The lowest BCUT2D eigenvalue weighted by atomic mass is 10.1. The number of ketones is 1. The Hall–Kier alpha value is -2.49. The highest BCUT2D eigenvalue weighted by atomic mass is 16.5. The van der Waals surface area contributed by atoms with E-state index in [-0.39, 0.29) is 5.78 Å². The number of nitrogens with zero attached hydrogens (tertiary/aromatic N) is 1. The molecule has 1 aromatic carbocycles. The number of esters is 1. The first-order chi connectivity index (χ1) is 9.06. The lowest BCUT2D eigenvalue weighted by molar-refractivity contribution is -0.671. The van der Waals surface area contributed by atoms with Crippen molar-refractivity contribution in [3.8, 4) is 5.75 Å². The SMILES string of the molecule is CC(=O)c1ccc(OC(=O)c2cc[n+](C)cc2)cc1. The van der Waals surface area contributed by atoms with Crippen LogP contribution in [0.4, 0.5) is 0 Å². The molecule has 0 saturated carbocycles. The number of pyridine rings is 1. The summed E-state index contributed by atoms with van der Waals surface area (Å²) in [6.45, 7) is 1.49. The Balaban J connectivity index is 2.10. The summed E-state index contributed by atoms with van der Waals surface area (Å²) >= 11 is 0. The standard InChI is InChI=1S/C15H14NO3/c1-11(17)12-3-5-14(6-4-12)19-15(18)13-7-9-16(2)10-8-13/h3-10H,1-2H3/q+1. The molecule has 0 atom stereocenters. The van der Waals surface area contributed by atoms with Crippen molar-refractivity contribution in [1.82, 2.24) is 0 Å². The third kappa shape index (κ3) is 3.25. The maximum atomic E-state index is 11.8. The van der Waals surface area contributed by atoms with Crippen LogP contribution in [0.5, 0.6) is 5.75 Å². The van der Waals surface area contributed by atoms with E-state index in [0.29, 0.717) is 16.9 Å². The Morgan fingerprint density at radius 1 is 0.947 bits per heavy atom. The normalized spacial score (nSPS) is 10.0. The van der Waals surface area contributed by atoms with E-state index in [0.717, 1.165) is 0 Å². The molecule has 96 valence electrons. The molecule has 0 aliphatic heterocycles. The lowest BCUT2D eigenvalue weighted by Gasteiger charge is -2.04. The Morgan fingerprint density at radius 3 is 2.05 bits per heavy atom. The number of aryl methyl sites for hydroxylation is 1. The van der Waals surface area contributed by atoms with Crippen LogP contribution < -0.4 is 9.30 Å². The number of benzene rings is 1. The van der Waals surface area contributed by atoms with Crippen molar-refractivity contribution in [1.29, 1.82) is 0 Å². The fourth-order valence-corrected chi connectivity index (χ4v) is 1.56. The number of carbonyl (C=O) groups is 2. The highest BCUT2D eigenvalue weighted by Gasteiger charge is 2.10. The molecule has 0 saturated heterocycles. The van der Waals surface area contributed by atoms with E-state index in [2.05, 4.69) is 0 Å². The Labute approximate surface area is 111 Å². The summed E-state index contributed by atoms with van der Waals surface area (Å²) in [5.41, 5.74) is 1.07. The molecule has 4 heteroatoms. The Bertz CT molecular complexity index is 600. The van der Waals surface area contributed by atoms with E-state index in [1.165, 1.54) is 6.92 Å². The van der Waals surface area contributed by atoms with Gasteiger partial charge in [-0.1, -0.05) is 0 Å². The van der Waals surface area contributed by atoms with Crippen molar-refractivity contribution >= 4 is 11.8 Å². The third-order valence-electron chi connectivity index (χ3n) is 2.69. The van der Waals surface area contributed by atoms with Gasteiger partial charge in [-0.25, -0.2) is 9.36 Å². The lowest BCUT2D eigenvalue weighted by Crippen LogP contribution is -2.26. The Morgan fingerprint density at radius 2 is 1.53 bits per heavy atom. The molecule has 0 unspecified atom stereocenters. The number of aromatic nitrogens is 1. The number of hydrogen-bond acceptors (Lipinski definition) is 3. The van der Waals surface area contributed by atoms with E-state index in [9.17, 15) is 9.59 Å². The van der Waals surface area contributed by atoms with Gasteiger partial charge in [-0.3, -0.25) is 4.79 Å². The molecule has 0 N–H and O–H groups in total. The second kappa shape index (κ2) is 5.44. The summed E-state index contributed by atoms with van der Waals surface area (Å²) in [5.74, 6) is -0.0205. The van der Waals surface area contributed by atoms with Crippen LogP contribution in [-0.4, -0.2) is 11.8 Å². The highest BCUT2D eigenvalue weighted by Crippen LogP contribution is 2.14. The summed E-state index contributed by atoms with van der Waals surface area (Å²) in [6, 6.07) is 9.86. The molecule has 0 fully saturated rings. The first kappa shape index (κ1) is 13.0. The molecule has 0 amide bonds. The highest BCUT2D eigenvalue weighted by molar-refractivity contribution is 5.94. The van der Waals surface area contributed by atoms with E-state index >= 15 is 0 Å². The van der Waals surface area contributed by atoms with E-state index in [4.69, 9.17) is 4.74 Å². The molecule has 1 aromatic heterocycles. The van der Waals surface area contributed by atoms with Crippen molar-refractivity contribution in [2.24, 2.45) is 7.05 Å². The van der Waals surface area contributed by atoms with Crippen molar-refractivity contribution in [3.63, 3.8) is 0 Å². The van der Waals surface area contributed by atoms with Crippen LogP contribution in [0.3, 0.4) is 0 Å². The van der Waals surface area contributed by atoms with Crippen LogP contribution in [0.15, 0.2) is 48.8 Å². The quantitative estimate of drug-likeness (QED) is 0.365. The molecule has 0 aliphatic rings. The van der Waals surface area contributed by atoms with Gasteiger partial charge in [0.1, 0.15) is 12.8 Å². The van der Waals surface area contributed by atoms with Gasteiger partial charge in [-0.15, -0.1) is 0 Å². The molecule has 0 spiro atoms. The van der Waals surface area contributed by atoms with Gasteiger partial charge in [0.25, 0.3) is 0 Å². The zero-order valence-corrected chi connectivity index (χ0v) is 10.8. The van der Waals surface area contributed by atoms with Crippen molar-refractivity contribution in [3.05, 3.63) is 59.9 Å². The number of rotatable bonds is 3. The van der Waals surface area contributed by atoms with Gasteiger partial charge >= 0.3 is 5.97 Å². The molecular formula is C15H14NO3+. The first-order valence-corrected chi connectivity index (χ1v) is 5.85. The molecule has 0 aliphatic carbocycles. The summed E-state index contributed by atoms with van der Waals surface area (Å²) < 4.78 is 7.05. The topological polar surface area (TPSA) is 47.3 Å². The van der Waals surface area contributed by atoms with Crippen LogP contribution in [0.25, 0.3) is 0 Å². The van der Waals surface area contributed by atoms with Crippen LogP contribution >= 0.6 is 0 Å². The first-order valence-electron chi connectivity index (χ1n) is 5.85. The van der Waals surface area contributed by atoms with Crippen LogP contribution in [-0.2, 0) is 7.05 Å². The van der Waals surface area contributed by atoms with Crippen molar-refractivity contribution in [2.45, 2.75) is 6.92 Å². The number of hydrogen-bond donors (Lipinski definition) is 0. The predicted octanol–water partition coefficient (Wildman–Crippen LogP) is 1.93. The fourth-order valence-electron chi connectivity index (χ4n) is 1.56. The minimum atomic E-state index is -0.420. The summed E-state index contributed by atoms with van der Waals surface area (Å²) in [4.78, 5) is 23.0. The van der Waals surface area contributed by atoms with Crippen LogP contribution in [0.2, 0.25) is 0 Å². The average molecular weight is 256 g/mol. The zero-order chi connectivity index (χ0) is 13.8. The molecule has 19 heavy (non-hydrogen) atoms. The maximum absolute atomic E-state index is 11.8.